The van der Waals surface area contributed by atoms with Crippen LogP contribution >= 0.6 is 0 Å². The predicted molar refractivity (Wildman–Crippen MR) is 159 cm³/mol. The second kappa shape index (κ2) is 26.8. The Hall–Kier alpha value is -1.79. The number of nitrogens with one attached hydrogen (secondary N) is 1. The number of carbonyl (C=O) groups excluding carboxylic acids is 3. The van der Waals surface area contributed by atoms with Crippen molar-refractivity contribution in [3.8, 4) is 0 Å². The van der Waals surface area contributed by atoms with E-state index in [1.165, 1.54) is 51.4 Å². The summed E-state index contributed by atoms with van der Waals surface area (Å²) in [5.41, 5.74) is 0. The third kappa shape index (κ3) is 20.2. The Morgan fingerprint density at radius 3 is 1.57 bits per heavy atom. The van der Waals surface area contributed by atoms with Gasteiger partial charge in [0.2, 0.25) is 0 Å². The minimum absolute atomic E-state index is 0.135. The highest BCUT2D eigenvalue weighted by atomic mass is 16.5. The van der Waals surface area contributed by atoms with Gasteiger partial charge in [-0.15, -0.1) is 0 Å². The Morgan fingerprint density at radius 1 is 0.643 bits per heavy atom. The molecule has 6 N–H and O–H groups in total. The van der Waals surface area contributed by atoms with Crippen LogP contribution in [0.4, 0.5) is 0 Å². The van der Waals surface area contributed by atoms with Crippen molar-refractivity contribution in [3.63, 3.8) is 0 Å². The van der Waals surface area contributed by atoms with Crippen molar-refractivity contribution in [2.24, 2.45) is 0 Å². The lowest BCUT2D eigenvalue weighted by molar-refractivity contribution is -0.155. The fraction of sp³-hybridized carbons (Fsp3) is 0.903. The molecule has 0 fully saturated rings. The van der Waals surface area contributed by atoms with E-state index in [0.29, 0.717) is 6.42 Å². The summed E-state index contributed by atoms with van der Waals surface area (Å²) in [5, 5.41) is 50.7. The van der Waals surface area contributed by atoms with Crippen molar-refractivity contribution >= 4 is 17.8 Å². The Morgan fingerprint density at radius 2 is 1.10 bits per heavy atom. The highest BCUT2D eigenvalue weighted by Crippen LogP contribution is 2.12. The number of amides is 1. The molecule has 0 spiro atoms. The maximum absolute atomic E-state index is 12.8. The van der Waals surface area contributed by atoms with Crippen molar-refractivity contribution < 1.29 is 49.4 Å². The summed E-state index contributed by atoms with van der Waals surface area (Å²) in [7, 11) is 0. The Labute approximate surface area is 252 Å². The number of hydrogen-bond donors (Lipinski definition) is 6. The quantitative estimate of drug-likeness (QED) is 0.0572. The van der Waals surface area contributed by atoms with Crippen LogP contribution in [0.15, 0.2) is 0 Å². The van der Waals surface area contributed by atoms with Crippen LogP contribution in [0.3, 0.4) is 0 Å². The lowest BCUT2D eigenvalue weighted by atomic mass is 10.0. The van der Waals surface area contributed by atoms with E-state index in [4.69, 9.17) is 14.6 Å². The number of rotatable bonds is 28. The SMILES string of the molecule is CCCCCCCCCCOC(=O)CCC(NC(=O)C(O)C(O)C(O)C(O)CO)C(=O)OCCCCCCCCCC. The molecule has 1 amide bonds. The summed E-state index contributed by atoms with van der Waals surface area (Å²) in [5.74, 6) is -2.53. The zero-order valence-corrected chi connectivity index (χ0v) is 26.0. The van der Waals surface area contributed by atoms with E-state index < -0.39 is 54.9 Å². The number of aliphatic hydroxyl groups is 5. The molecule has 5 unspecified atom stereocenters. The van der Waals surface area contributed by atoms with Gasteiger partial charge in [0.05, 0.1) is 19.8 Å². The molecule has 0 aromatic rings. The van der Waals surface area contributed by atoms with Gasteiger partial charge in [-0.05, 0) is 19.3 Å². The van der Waals surface area contributed by atoms with Crippen LogP contribution in [-0.4, -0.2) is 93.7 Å². The Balaban J connectivity index is 4.74. The molecular weight excluding hydrogens is 546 g/mol. The smallest absolute Gasteiger partial charge is 0.328 e. The summed E-state index contributed by atoms with van der Waals surface area (Å²) in [4.78, 5) is 37.6. The minimum atomic E-state index is -2.21. The summed E-state index contributed by atoms with van der Waals surface area (Å²) in [6, 6.07) is -1.30. The van der Waals surface area contributed by atoms with Crippen molar-refractivity contribution in [2.45, 2.75) is 160 Å². The summed E-state index contributed by atoms with van der Waals surface area (Å²) < 4.78 is 10.6. The van der Waals surface area contributed by atoms with Gasteiger partial charge in [0, 0.05) is 6.42 Å². The van der Waals surface area contributed by atoms with Gasteiger partial charge in [0.25, 0.3) is 5.91 Å². The standard InChI is InChI=1S/C31H59NO10/c1-3-5-7-9-11-13-15-17-21-41-26(35)20-19-24(31(40)42-22-18-16-14-12-10-8-6-4-2)32-30(39)29(38)28(37)27(36)25(34)23-33/h24-25,27-29,33-34,36-38H,3-23H2,1-2H3,(H,32,39). The van der Waals surface area contributed by atoms with Crippen LogP contribution in [0.25, 0.3) is 0 Å². The molecule has 42 heavy (non-hydrogen) atoms. The fourth-order valence-electron chi connectivity index (χ4n) is 4.45. The molecule has 0 rings (SSSR count). The molecule has 0 saturated carbocycles. The van der Waals surface area contributed by atoms with Gasteiger partial charge in [-0.2, -0.15) is 0 Å². The Bertz CT molecular complexity index is 693. The Kier molecular flexibility index (Phi) is 25.7. The second-order valence-electron chi connectivity index (χ2n) is 11.1. The molecule has 0 aromatic carbocycles. The maximum Gasteiger partial charge on any atom is 0.328 e. The van der Waals surface area contributed by atoms with Crippen LogP contribution < -0.4 is 5.32 Å². The number of ether oxygens (including phenoxy) is 2. The van der Waals surface area contributed by atoms with Crippen molar-refractivity contribution in [1.82, 2.24) is 5.32 Å². The van der Waals surface area contributed by atoms with Gasteiger partial charge >= 0.3 is 11.9 Å². The van der Waals surface area contributed by atoms with E-state index in [1.807, 2.05) is 0 Å². The molecule has 0 bridgehead atoms. The van der Waals surface area contributed by atoms with E-state index in [0.717, 1.165) is 44.9 Å². The summed E-state index contributed by atoms with van der Waals surface area (Å²) >= 11 is 0. The fourth-order valence-corrected chi connectivity index (χ4v) is 4.45. The highest BCUT2D eigenvalue weighted by Gasteiger charge is 2.36. The lowest BCUT2D eigenvalue weighted by Crippen LogP contribution is -2.54. The van der Waals surface area contributed by atoms with Crippen LogP contribution in [0.1, 0.15) is 129 Å². The van der Waals surface area contributed by atoms with E-state index in [9.17, 15) is 34.8 Å². The molecule has 0 aliphatic rings. The van der Waals surface area contributed by atoms with Gasteiger partial charge in [0.15, 0.2) is 6.10 Å². The second-order valence-corrected chi connectivity index (χ2v) is 11.1. The van der Waals surface area contributed by atoms with Crippen molar-refractivity contribution in [2.75, 3.05) is 19.8 Å². The van der Waals surface area contributed by atoms with Gasteiger partial charge in [-0.1, -0.05) is 104 Å². The first-order valence-corrected chi connectivity index (χ1v) is 16.1. The molecule has 11 nitrogen and oxygen atoms in total. The van der Waals surface area contributed by atoms with Crippen LogP contribution in [0.5, 0.6) is 0 Å². The van der Waals surface area contributed by atoms with E-state index in [-0.39, 0.29) is 26.1 Å². The molecule has 0 saturated heterocycles. The third-order valence-corrected chi connectivity index (χ3v) is 7.26. The van der Waals surface area contributed by atoms with Gasteiger partial charge < -0.3 is 40.3 Å². The molecule has 0 aliphatic carbocycles. The number of carbonyl (C=O) groups is 3. The molecule has 11 heteroatoms. The molecular formula is C31H59NO10. The normalized spacial score (nSPS) is 14.9. The maximum atomic E-state index is 12.8. The highest BCUT2D eigenvalue weighted by molar-refractivity contribution is 5.87. The van der Waals surface area contributed by atoms with Gasteiger partial charge in [-0.3, -0.25) is 9.59 Å². The summed E-state index contributed by atoms with van der Waals surface area (Å²) in [6.45, 7) is 3.84. The number of unbranched alkanes of at least 4 members (excludes halogenated alkanes) is 14. The number of aliphatic hydroxyl groups excluding tert-OH is 5. The van der Waals surface area contributed by atoms with E-state index in [1.54, 1.807) is 0 Å². The minimum Gasteiger partial charge on any atom is -0.466 e. The molecule has 0 aromatic heterocycles. The van der Waals surface area contributed by atoms with E-state index >= 15 is 0 Å². The predicted octanol–water partition coefficient (Wildman–Crippen LogP) is 3.06. The van der Waals surface area contributed by atoms with E-state index in [2.05, 4.69) is 19.2 Å². The number of hydrogen-bond acceptors (Lipinski definition) is 10. The van der Waals surface area contributed by atoms with Crippen molar-refractivity contribution in [1.29, 1.82) is 0 Å². The average Bonchev–Trinajstić information content (AvgIpc) is 2.99. The van der Waals surface area contributed by atoms with Crippen LogP contribution in [0, 0.1) is 0 Å². The zero-order valence-electron chi connectivity index (χ0n) is 26.0. The largest absolute Gasteiger partial charge is 0.466 e. The first kappa shape index (κ1) is 40.2. The average molecular weight is 606 g/mol. The zero-order chi connectivity index (χ0) is 31.6. The van der Waals surface area contributed by atoms with Crippen LogP contribution in [0.2, 0.25) is 0 Å². The van der Waals surface area contributed by atoms with Crippen molar-refractivity contribution in [3.05, 3.63) is 0 Å². The summed E-state index contributed by atoms with van der Waals surface area (Å²) in [6.07, 6.45) is 8.87. The van der Waals surface area contributed by atoms with Gasteiger partial charge in [0.1, 0.15) is 24.4 Å². The number of esters is 2. The van der Waals surface area contributed by atoms with Gasteiger partial charge in [-0.25, -0.2) is 4.79 Å². The first-order valence-electron chi connectivity index (χ1n) is 16.1. The molecule has 248 valence electrons. The molecule has 0 radical (unpaired) electrons. The molecule has 5 atom stereocenters. The third-order valence-electron chi connectivity index (χ3n) is 7.26. The molecule has 0 aliphatic heterocycles. The first-order chi connectivity index (χ1) is 20.2. The molecule has 0 heterocycles. The monoisotopic (exact) mass is 605 g/mol. The topological polar surface area (TPSA) is 183 Å². The van der Waals surface area contributed by atoms with Crippen LogP contribution in [-0.2, 0) is 23.9 Å². The lowest BCUT2D eigenvalue weighted by Gasteiger charge is -2.26.